The molecule has 14 heavy (non-hydrogen) atoms. The highest BCUT2D eigenvalue weighted by molar-refractivity contribution is 4.95. The summed E-state index contributed by atoms with van der Waals surface area (Å²) in [6, 6.07) is 1.74. The Morgan fingerprint density at radius 1 is 1.36 bits per heavy atom. The molecule has 0 aromatic heterocycles. The van der Waals surface area contributed by atoms with Gasteiger partial charge in [0.25, 0.3) is 0 Å². The molecule has 2 saturated heterocycles. The molecule has 0 saturated carbocycles. The lowest BCUT2D eigenvalue weighted by molar-refractivity contribution is 0.0735. The zero-order valence-electron chi connectivity index (χ0n) is 9.41. The minimum atomic E-state index is 0.822. The van der Waals surface area contributed by atoms with Gasteiger partial charge >= 0.3 is 0 Å². The molecule has 2 fully saturated rings. The highest BCUT2D eigenvalue weighted by Gasteiger charge is 2.38. The van der Waals surface area contributed by atoms with Crippen LogP contribution in [0, 0.1) is 5.92 Å². The van der Waals surface area contributed by atoms with E-state index in [-0.39, 0.29) is 0 Å². The topological polar surface area (TPSA) is 3.24 Å². The van der Waals surface area contributed by atoms with Gasteiger partial charge < -0.3 is 0 Å². The van der Waals surface area contributed by atoms with Crippen LogP contribution in [0.2, 0.25) is 0 Å². The van der Waals surface area contributed by atoms with Gasteiger partial charge in [-0.3, -0.25) is 4.90 Å². The third-order valence-electron chi connectivity index (χ3n) is 4.19. The van der Waals surface area contributed by atoms with Crippen LogP contribution in [0.4, 0.5) is 0 Å². The van der Waals surface area contributed by atoms with Crippen molar-refractivity contribution in [2.75, 3.05) is 6.54 Å². The van der Waals surface area contributed by atoms with Gasteiger partial charge in [-0.25, -0.2) is 0 Å². The van der Waals surface area contributed by atoms with Crippen LogP contribution in [0.1, 0.15) is 45.4 Å². The summed E-state index contributed by atoms with van der Waals surface area (Å²) in [5, 5.41) is 0. The molecule has 0 amide bonds. The molecule has 3 atom stereocenters. The zero-order chi connectivity index (χ0) is 9.97. The van der Waals surface area contributed by atoms with E-state index in [1.165, 1.54) is 45.1 Å². The summed E-state index contributed by atoms with van der Waals surface area (Å²) in [6.07, 6.45) is 10.4. The van der Waals surface area contributed by atoms with Crippen LogP contribution in [0.5, 0.6) is 0 Å². The van der Waals surface area contributed by atoms with E-state index in [4.69, 9.17) is 0 Å². The zero-order valence-corrected chi connectivity index (χ0v) is 9.41. The van der Waals surface area contributed by atoms with Gasteiger partial charge in [-0.2, -0.15) is 0 Å². The van der Waals surface area contributed by atoms with E-state index in [1.807, 2.05) is 0 Å². The molecule has 0 radical (unpaired) electrons. The van der Waals surface area contributed by atoms with Crippen molar-refractivity contribution in [3.63, 3.8) is 0 Å². The summed E-state index contributed by atoms with van der Waals surface area (Å²) >= 11 is 0. The Bertz CT molecular complexity index is 199. The van der Waals surface area contributed by atoms with E-state index in [2.05, 4.69) is 24.5 Å². The molecule has 80 valence electrons. The van der Waals surface area contributed by atoms with Crippen LogP contribution in [0.25, 0.3) is 0 Å². The van der Waals surface area contributed by atoms with Gasteiger partial charge in [0.05, 0.1) is 0 Å². The minimum absolute atomic E-state index is 0.822. The third-order valence-corrected chi connectivity index (χ3v) is 4.19. The Balaban J connectivity index is 2.03. The van der Waals surface area contributed by atoms with Gasteiger partial charge in [0, 0.05) is 12.1 Å². The van der Waals surface area contributed by atoms with Crippen molar-refractivity contribution in [3.8, 4) is 0 Å². The molecule has 2 heterocycles. The minimum Gasteiger partial charge on any atom is -0.297 e. The number of hydrogen-bond acceptors (Lipinski definition) is 1. The summed E-state index contributed by atoms with van der Waals surface area (Å²) in [4.78, 5) is 2.78. The van der Waals surface area contributed by atoms with Crippen molar-refractivity contribution in [3.05, 3.63) is 12.7 Å². The SMILES string of the molecule is C=CC[C@H]1CC[C@@H](CC)[C@H]2CCCN12. The van der Waals surface area contributed by atoms with E-state index in [0.717, 1.165) is 18.0 Å². The first-order valence-electron chi connectivity index (χ1n) is 6.23. The van der Waals surface area contributed by atoms with Crippen LogP contribution in [0.15, 0.2) is 12.7 Å². The Labute approximate surface area is 88.2 Å². The maximum absolute atomic E-state index is 3.88. The van der Waals surface area contributed by atoms with E-state index >= 15 is 0 Å². The predicted octanol–water partition coefficient (Wildman–Crippen LogP) is 3.22. The van der Waals surface area contributed by atoms with E-state index in [9.17, 15) is 0 Å². The van der Waals surface area contributed by atoms with Gasteiger partial charge in [0.1, 0.15) is 0 Å². The highest BCUT2D eigenvalue weighted by Crippen LogP contribution is 2.37. The average molecular weight is 193 g/mol. The molecule has 2 aliphatic rings. The quantitative estimate of drug-likeness (QED) is 0.622. The maximum atomic E-state index is 3.88. The fourth-order valence-corrected chi connectivity index (χ4v) is 3.46. The molecule has 1 nitrogen and oxygen atoms in total. The molecule has 1 heteroatoms. The molecule has 0 bridgehead atoms. The summed E-state index contributed by atoms with van der Waals surface area (Å²) in [5.41, 5.74) is 0. The summed E-state index contributed by atoms with van der Waals surface area (Å²) in [6.45, 7) is 7.58. The monoisotopic (exact) mass is 193 g/mol. The average Bonchev–Trinajstić information content (AvgIpc) is 2.67. The van der Waals surface area contributed by atoms with Gasteiger partial charge in [-0.05, 0) is 44.6 Å². The van der Waals surface area contributed by atoms with Gasteiger partial charge in [-0.1, -0.05) is 19.4 Å². The normalized spacial score (nSPS) is 38.2. The van der Waals surface area contributed by atoms with E-state index in [1.54, 1.807) is 0 Å². The Hall–Kier alpha value is -0.300. The molecule has 0 aromatic rings. The van der Waals surface area contributed by atoms with Crippen molar-refractivity contribution >= 4 is 0 Å². The standard InChI is InChI=1S/C13H23N/c1-3-6-12-9-8-11(4-2)13-7-5-10-14(12)13/h3,11-13H,1,4-10H2,2H3/t11-,12+,13-/m1/s1. The molecule has 0 N–H and O–H groups in total. The third kappa shape index (κ3) is 1.75. The van der Waals surface area contributed by atoms with Crippen LogP contribution in [0.3, 0.4) is 0 Å². The van der Waals surface area contributed by atoms with Crippen LogP contribution < -0.4 is 0 Å². The summed E-state index contributed by atoms with van der Waals surface area (Å²) < 4.78 is 0. The van der Waals surface area contributed by atoms with E-state index in [0.29, 0.717) is 0 Å². The van der Waals surface area contributed by atoms with Crippen LogP contribution in [-0.2, 0) is 0 Å². The number of nitrogens with zero attached hydrogens (tertiary/aromatic N) is 1. The van der Waals surface area contributed by atoms with Crippen molar-refractivity contribution < 1.29 is 0 Å². The van der Waals surface area contributed by atoms with Crippen molar-refractivity contribution in [1.29, 1.82) is 0 Å². The Kier molecular flexibility index (Phi) is 3.27. The number of fused-ring (bicyclic) bond motifs is 1. The highest BCUT2D eigenvalue weighted by atomic mass is 15.2. The van der Waals surface area contributed by atoms with Crippen LogP contribution >= 0.6 is 0 Å². The number of piperidine rings is 1. The fraction of sp³-hybridized carbons (Fsp3) is 0.846. The van der Waals surface area contributed by atoms with E-state index < -0.39 is 0 Å². The maximum Gasteiger partial charge on any atom is 0.0133 e. The molecular weight excluding hydrogens is 170 g/mol. The first-order chi connectivity index (χ1) is 6.86. The second-order valence-corrected chi connectivity index (χ2v) is 4.87. The van der Waals surface area contributed by atoms with Crippen LogP contribution in [-0.4, -0.2) is 23.5 Å². The Morgan fingerprint density at radius 2 is 2.21 bits per heavy atom. The fourth-order valence-electron chi connectivity index (χ4n) is 3.46. The molecule has 0 aromatic carbocycles. The lowest BCUT2D eigenvalue weighted by Gasteiger charge is -2.42. The van der Waals surface area contributed by atoms with Crippen molar-refractivity contribution in [2.24, 2.45) is 5.92 Å². The largest absolute Gasteiger partial charge is 0.297 e. The van der Waals surface area contributed by atoms with Crippen molar-refractivity contribution in [2.45, 2.75) is 57.5 Å². The molecule has 2 aliphatic heterocycles. The van der Waals surface area contributed by atoms with Gasteiger partial charge in [-0.15, -0.1) is 6.58 Å². The summed E-state index contributed by atoms with van der Waals surface area (Å²) in [5.74, 6) is 0.985. The first-order valence-corrected chi connectivity index (χ1v) is 6.23. The molecule has 2 rings (SSSR count). The predicted molar refractivity (Wildman–Crippen MR) is 61.3 cm³/mol. The second-order valence-electron chi connectivity index (χ2n) is 4.87. The molecule has 0 unspecified atom stereocenters. The first kappa shape index (κ1) is 10.2. The Morgan fingerprint density at radius 3 is 2.93 bits per heavy atom. The number of rotatable bonds is 3. The molecule has 0 aliphatic carbocycles. The number of hydrogen-bond donors (Lipinski definition) is 0. The van der Waals surface area contributed by atoms with Gasteiger partial charge in [0.2, 0.25) is 0 Å². The van der Waals surface area contributed by atoms with Gasteiger partial charge in [0.15, 0.2) is 0 Å². The lowest BCUT2D eigenvalue weighted by atomic mass is 9.83. The second kappa shape index (κ2) is 4.48. The smallest absolute Gasteiger partial charge is 0.0133 e. The van der Waals surface area contributed by atoms with Crippen molar-refractivity contribution in [1.82, 2.24) is 4.90 Å². The summed E-state index contributed by atoms with van der Waals surface area (Å²) in [7, 11) is 0. The molecular formula is C13H23N. The molecule has 0 spiro atoms. The lowest BCUT2D eigenvalue weighted by Crippen LogP contribution is -2.46.